The van der Waals surface area contributed by atoms with Crippen LogP contribution in [0.4, 0.5) is 0 Å². The highest BCUT2D eigenvalue weighted by atomic mass is 32.1. The van der Waals surface area contributed by atoms with E-state index in [0.29, 0.717) is 11.7 Å². The zero-order valence-corrected chi connectivity index (χ0v) is 23.6. The molecule has 4 heterocycles. The van der Waals surface area contributed by atoms with Gasteiger partial charge in [0.15, 0.2) is 0 Å². The topological polar surface area (TPSA) is 43.9 Å². The molecule has 0 aliphatic rings. The Hall–Kier alpha value is -5.52. The molecule has 0 bridgehead atoms. The molecule has 0 amide bonds. The fourth-order valence-corrected chi connectivity index (χ4v) is 7.81. The standard InChI is InChI=1S/C38H21N3OS/c1-2-10-23-20-31-29(19-22(23)9-1)25-11-3-6-14-30(25)41(31)38-39-36(35-28-13-4-7-15-32(28)42-37(35)40-38)24-17-18-27-26-12-5-8-16-33(26)43-34(27)21-24/h1-21H. The number of hydrogen-bond acceptors (Lipinski definition) is 4. The third-order valence-electron chi connectivity index (χ3n) is 8.62. The van der Waals surface area contributed by atoms with Crippen molar-refractivity contribution in [2.75, 3.05) is 0 Å². The Morgan fingerprint density at radius 3 is 2.16 bits per heavy atom. The lowest BCUT2D eigenvalue weighted by molar-refractivity contribution is 0.651. The number of hydrogen-bond donors (Lipinski definition) is 0. The van der Waals surface area contributed by atoms with E-state index in [1.54, 1.807) is 0 Å². The van der Waals surface area contributed by atoms with E-state index in [0.717, 1.165) is 38.6 Å². The zero-order chi connectivity index (χ0) is 28.1. The summed E-state index contributed by atoms with van der Waals surface area (Å²) in [5.41, 5.74) is 5.45. The molecular weight excluding hydrogens is 547 g/mol. The molecule has 6 aromatic carbocycles. The van der Waals surface area contributed by atoms with Crippen LogP contribution in [0.2, 0.25) is 0 Å². The van der Waals surface area contributed by atoms with Crippen molar-refractivity contribution >= 4 is 86.2 Å². The molecule has 0 radical (unpaired) electrons. The Morgan fingerprint density at radius 2 is 1.26 bits per heavy atom. The monoisotopic (exact) mass is 567 g/mol. The van der Waals surface area contributed by atoms with Crippen molar-refractivity contribution in [2.24, 2.45) is 0 Å². The minimum absolute atomic E-state index is 0.587. The largest absolute Gasteiger partial charge is 0.437 e. The van der Waals surface area contributed by atoms with Gasteiger partial charge in [-0.15, -0.1) is 11.3 Å². The lowest BCUT2D eigenvalue weighted by Gasteiger charge is -2.10. The second-order valence-electron chi connectivity index (χ2n) is 11.0. The van der Waals surface area contributed by atoms with Gasteiger partial charge in [0.2, 0.25) is 11.7 Å². The van der Waals surface area contributed by atoms with Crippen LogP contribution in [0.15, 0.2) is 132 Å². The molecule has 0 unspecified atom stereocenters. The number of para-hydroxylation sites is 2. The molecule has 10 aromatic rings. The second-order valence-corrected chi connectivity index (χ2v) is 12.1. The number of rotatable bonds is 2. The van der Waals surface area contributed by atoms with Gasteiger partial charge in [0.25, 0.3) is 0 Å². The number of aromatic nitrogens is 3. The van der Waals surface area contributed by atoms with E-state index in [-0.39, 0.29) is 0 Å². The first kappa shape index (κ1) is 23.1. The highest BCUT2D eigenvalue weighted by Crippen LogP contribution is 2.41. The average molecular weight is 568 g/mol. The Morgan fingerprint density at radius 1 is 0.535 bits per heavy atom. The highest BCUT2D eigenvalue weighted by molar-refractivity contribution is 7.25. The predicted octanol–water partition coefficient (Wildman–Crippen LogP) is 10.7. The van der Waals surface area contributed by atoms with Gasteiger partial charge < -0.3 is 4.42 Å². The maximum absolute atomic E-state index is 6.42. The van der Waals surface area contributed by atoms with Gasteiger partial charge in [-0.3, -0.25) is 4.57 Å². The minimum atomic E-state index is 0.587. The summed E-state index contributed by atoms with van der Waals surface area (Å²) >= 11 is 1.82. The van der Waals surface area contributed by atoms with Gasteiger partial charge in [-0.1, -0.05) is 91.0 Å². The summed E-state index contributed by atoms with van der Waals surface area (Å²) in [7, 11) is 0. The molecular formula is C38H21N3OS. The van der Waals surface area contributed by atoms with Gasteiger partial charge in [-0.2, -0.15) is 4.98 Å². The lowest BCUT2D eigenvalue weighted by Crippen LogP contribution is -2.02. The van der Waals surface area contributed by atoms with E-state index in [1.807, 2.05) is 29.5 Å². The van der Waals surface area contributed by atoms with Crippen molar-refractivity contribution in [1.82, 2.24) is 14.5 Å². The van der Waals surface area contributed by atoms with Crippen LogP contribution in [-0.4, -0.2) is 14.5 Å². The maximum Gasteiger partial charge on any atom is 0.238 e. The SMILES string of the molecule is c1ccc2cc3c(cc2c1)c1ccccc1n3-c1nc(-c2ccc3c(c2)sc2ccccc23)c2c(n1)oc1ccccc12. The number of fused-ring (bicyclic) bond motifs is 10. The summed E-state index contributed by atoms with van der Waals surface area (Å²) in [6, 6.07) is 45.0. The number of nitrogens with zero attached hydrogens (tertiary/aromatic N) is 3. The van der Waals surface area contributed by atoms with Crippen LogP contribution in [0.25, 0.3) is 92.0 Å². The summed E-state index contributed by atoms with van der Waals surface area (Å²) < 4.78 is 11.1. The molecule has 0 aliphatic carbocycles. The maximum atomic E-state index is 6.42. The van der Waals surface area contributed by atoms with Crippen LogP contribution in [0, 0.1) is 0 Å². The summed E-state index contributed by atoms with van der Waals surface area (Å²) in [4.78, 5) is 10.5. The molecule has 4 aromatic heterocycles. The first-order chi connectivity index (χ1) is 21.3. The summed E-state index contributed by atoms with van der Waals surface area (Å²) in [5, 5.41) is 9.24. The quantitative estimate of drug-likeness (QED) is 0.209. The molecule has 5 heteroatoms. The third kappa shape index (κ3) is 3.25. The Labute approximate surface area is 249 Å². The van der Waals surface area contributed by atoms with Crippen LogP contribution < -0.4 is 0 Å². The van der Waals surface area contributed by atoms with Gasteiger partial charge in [-0.05, 0) is 47.2 Å². The van der Waals surface area contributed by atoms with Crippen molar-refractivity contribution in [1.29, 1.82) is 0 Å². The Balaban J connectivity index is 1.33. The van der Waals surface area contributed by atoms with Crippen molar-refractivity contribution in [3.05, 3.63) is 127 Å². The summed E-state index contributed by atoms with van der Waals surface area (Å²) in [6.07, 6.45) is 0. The first-order valence-corrected chi connectivity index (χ1v) is 15.2. The van der Waals surface area contributed by atoms with Crippen molar-refractivity contribution < 1.29 is 4.42 Å². The summed E-state index contributed by atoms with van der Waals surface area (Å²) in [5.74, 6) is 0.597. The van der Waals surface area contributed by atoms with Gasteiger partial charge in [0, 0.05) is 41.9 Å². The molecule has 10 rings (SSSR count). The molecule has 0 saturated heterocycles. The fraction of sp³-hybridized carbons (Fsp3) is 0. The molecule has 0 aliphatic heterocycles. The van der Waals surface area contributed by atoms with E-state index in [1.165, 1.54) is 41.7 Å². The van der Waals surface area contributed by atoms with Gasteiger partial charge in [-0.25, -0.2) is 4.98 Å². The fourth-order valence-electron chi connectivity index (χ4n) is 6.66. The van der Waals surface area contributed by atoms with Crippen LogP contribution in [0.3, 0.4) is 0 Å². The molecule has 0 spiro atoms. The van der Waals surface area contributed by atoms with Crippen LogP contribution in [0.5, 0.6) is 0 Å². The van der Waals surface area contributed by atoms with Gasteiger partial charge in [0.1, 0.15) is 5.58 Å². The Bertz CT molecular complexity index is 2750. The molecule has 0 atom stereocenters. The average Bonchev–Trinajstić information content (AvgIpc) is 3.72. The van der Waals surface area contributed by atoms with Crippen LogP contribution in [0.1, 0.15) is 0 Å². The predicted molar refractivity (Wildman–Crippen MR) is 179 cm³/mol. The molecule has 0 N–H and O–H groups in total. The van der Waals surface area contributed by atoms with Crippen LogP contribution >= 0.6 is 11.3 Å². The van der Waals surface area contributed by atoms with Crippen molar-refractivity contribution in [2.45, 2.75) is 0 Å². The number of furan rings is 1. The second kappa shape index (κ2) is 8.51. The third-order valence-corrected chi connectivity index (χ3v) is 9.75. The van der Waals surface area contributed by atoms with E-state index in [2.05, 4.69) is 114 Å². The van der Waals surface area contributed by atoms with E-state index < -0.39 is 0 Å². The Kier molecular flexibility index (Phi) is 4.57. The number of thiophene rings is 1. The lowest BCUT2D eigenvalue weighted by atomic mass is 10.0. The van der Waals surface area contributed by atoms with E-state index >= 15 is 0 Å². The molecule has 4 nitrogen and oxygen atoms in total. The zero-order valence-electron chi connectivity index (χ0n) is 22.8. The van der Waals surface area contributed by atoms with Crippen molar-refractivity contribution in [3.8, 4) is 17.2 Å². The van der Waals surface area contributed by atoms with Crippen molar-refractivity contribution in [3.63, 3.8) is 0 Å². The summed E-state index contributed by atoms with van der Waals surface area (Å²) in [6.45, 7) is 0. The molecule has 0 fully saturated rings. The minimum Gasteiger partial charge on any atom is -0.437 e. The first-order valence-electron chi connectivity index (χ1n) is 14.3. The highest BCUT2D eigenvalue weighted by Gasteiger charge is 2.21. The van der Waals surface area contributed by atoms with E-state index in [9.17, 15) is 0 Å². The van der Waals surface area contributed by atoms with E-state index in [4.69, 9.17) is 14.4 Å². The normalized spacial score (nSPS) is 12.2. The molecule has 200 valence electrons. The van der Waals surface area contributed by atoms with Gasteiger partial charge >= 0.3 is 0 Å². The molecule has 0 saturated carbocycles. The smallest absolute Gasteiger partial charge is 0.238 e. The number of benzene rings is 6. The van der Waals surface area contributed by atoms with Gasteiger partial charge in [0.05, 0.1) is 22.1 Å². The molecule has 43 heavy (non-hydrogen) atoms. The van der Waals surface area contributed by atoms with Crippen LogP contribution in [-0.2, 0) is 0 Å².